The maximum absolute atomic E-state index is 11.7. The smallest absolute Gasteiger partial charge is 0.224 e. The topological polar surface area (TPSA) is 49.3 Å². The summed E-state index contributed by atoms with van der Waals surface area (Å²) in [6.07, 6.45) is 2.26. The summed E-state index contributed by atoms with van der Waals surface area (Å²) in [5.41, 5.74) is 0.0955. The maximum atomic E-state index is 11.7. The van der Waals surface area contributed by atoms with E-state index in [1.807, 2.05) is 30.5 Å². The minimum Gasteiger partial charge on any atom is -0.387 e. The van der Waals surface area contributed by atoms with Gasteiger partial charge in [-0.15, -0.1) is 0 Å². The van der Waals surface area contributed by atoms with Crippen molar-refractivity contribution in [1.29, 1.82) is 0 Å². The number of benzene rings is 1. The van der Waals surface area contributed by atoms with E-state index in [1.165, 1.54) is 0 Å². The van der Waals surface area contributed by atoms with Crippen molar-refractivity contribution in [3.8, 4) is 0 Å². The Balaban J connectivity index is 2.43. The molecular weight excluding hydrogens is 314 g/mol. The van der Waals surface area contributed by atoms with Gasteiger partial charge in [0.05, 0.1) is 12.0 Å². The largest absolute Gasteiger partial charge is 0.387 e. The lowest BCUT2D eigenvalue weighted by atomic mass is 10.1. The van der Waals surface area contributed by atoms with Gasteiger partial charge in [0.1, 0.15) is 0 Å². The van der Waals surface area contributed by atoms with Crippen LogP contribution in [0, 0.1) is 0 Å². The number of hydrogen-bond donors (Lipinski definition) is 2. The van der Waals surface area contributed by atoms with Crippen LogP contribution < -0.4 is 5.32 Å². The predicted molar refractivity (Wildman–Crippen MR) is 79.9 cm³/mol. The van der Waals surface area contributed by atoms with Gasteiger partial charge in [0, 0.05) is 16.8 Å². The number of carbonyl (C=O) groups is 1. The number of aliphatic hydroxyl groups is 1. The molecule has 1 rings (SSSR count). The number of rotatable bonds is 6. The highest BCUT2D eigenvalue weighted by atomic mass is 79.9. The third kappa shape index (κ3) is 5.89. The third-order valence-electron chi connectivity index (χ3n) is 2.38. The second-order valence-corrected chi connectivity index (χ2v) is 6.30. The molecule has 1 aromatic rings. The van der Waals surface area contributed by atoms with Gasteiger partial charge in [-0.3, -0.25) is 4.79 Å². The molecule has 0 aliphatic heterocycles. The zero-order valence-corrected chi connectivity index (χ0v) is 13.0. The molecule has 3 nitrogen and oxygen atoms in total. The number of halogens is 1. The molecule has 5 heteroatoms. The fraction of sp³-hybridized carbons (Fsp3) is 0.462. The SMILES string of the molecule is CSCC(C)(O)CNC(=O)Cc1cccc(Br)c1. The van der Waals surface area contributed by atoms with Crippen LogP contribution in [0.4, 0.5) is 0 Å². The molecule has 0 fully saturated rings. The zero-order chi connectivity index (χ0) is 13.6. The van der Waals surface area contributed by atoms with E-state index in [9.17, 15) is 9.90 Å². The van der Waals surface area contributed by atoms with Gasteiger partial charge in [-0.1, -0.05) is 28.1 Å². The molecule has 0 bridgehead atoms. The molecule has 0 spiro atoms. The second kappa shape index (κ2) is 7.16. The number of nitrogens with one attached hydrogen (secondary N) is 1. The highest BCUT2D eigenvalue weighted by Crippen LogP contribution is 2.12. The van der Waals surface area contributed by atoms with Gasteiger partial charge in [-0.05, 0) is 30.9 Å². The van der Waals surface area contributed by atoms with Crippen LogP contribution in [0.2, 0.25) is 0 Å². The van der Waals surface area contributed by atoms with Crippen molar-refractivity contribution in [2.75, 3.05) is 18.6 Å². The van der Waals surface area contributed by atoms with Crippen LogP contribution in [-0.2, 0) is 11.2 Å². The van der Waals surface area contributed by atoms with E-state index in [0.29, 0.717) is 12.2 Å². The van der Waals surface area contributed by atoms with Crippen molar-refractivity contribution in [1.82, 2.24) is 5.32 Å². The molecule has 1 unspecified atom stereocenters. The second-order valence-electron chi connectivity index (χ2n) is 4.51. The molecule has 0 radical (unpaired) electrons. The first-order valence-corrected chi connectivity index (χ1v) is 7.84. The van der Waals surface area contributed by atoms with E-state index in [1.54, 1.807) is 18.7 Å². The van der Waals surface area contributed by atoms with E-state index in [-0.39, 0.29) is 12.5 Å². The molecule has 1 amide bonds. The van der Waals surface area contributed by atoms with Crippen molar-refractivity contribution in [3.63, 3.8) is 0 Å². The van der Waals surface area contributed by atoms with Crippen LogP contribution in [0.15, 0.2) is 28.7 Å². The quantitative estimate of drug-likeness (QED) is 0.840. The van der Waals surface area contributed by atoms with E-state index in [4.69, 9.17) is 0 Å². The molecule has 18 heavy (non-hydrogen) atoms. The van der Waals surface area contributed by atoms with Gasteiger partial charge in [0.15, 0.2) is 0 Å². The van der Waals surface area contributed by atoms with E-state index >= 15 is 0 Å². The van der Waals surface area contributed by atoms with Crippen LogP contribution in [-0.4, -0.2) is 35.2 Å². The van der Waals surface area contributed by atoms with Crippen LogP contribution in [0.5, 0.6) is 0 Å². The van der Waals surface area contributed by atoms with E-state index in [2.05, 4.69) is 21.2 Å². The van der Waals surface area contributed by atoms with Gasteiger partial charge >= 0.3 is 0 Å². The molecule has 1 aromatic carbocycles. The van der Waals surface area contributed by atoms with Gasteiger partial charge in [-0.25, -0.2) is 0 Å². The molecule has 0 saturated heterocycles. The number of carbonyl (C=O) groups excluding carboxylic acids is 1. The average Bonchev–Trinajstić information content (AvgIpc) is 2.26. The average molecular weight is 332 g/mol. The minimum atomic E-state index is -0.855. The van der Waals surface area contributed by atoms with Crippen molar-refractivity contribution in [2.24, 2.45) is 0 Å². The van der Waals surface area contributed by atoms with Crippen LogP contribution in [0.1, 0.15) is 12.5 Å². The van der Waals surface area contributed by atoms with Crippen LogP contribution in [0.25, 0.3) is 0 Å². The minimum absolute atomic E-state index is 0.0746. The molecule has 0 aromatic heterocycles. The summed E-state index contributed by atoms with van der Waals surface area (Å²) in [7, 11) is 0. The number of hydrogen-bond acceptors (Lipinski definition) is 3. The Bertz CT molecular complexity index is 410. The number of thioether (sulfide) groups is 1. The van der Waals surface area contributed by atoms with E-state index < -0.39 is 5.60 Å². The van der Waals surface area contributed by atoms with Gasteiger partial charge in [0.25, 0.3) is 0 Å². The lowest BCUT2D eigenvalue weighted by Gasteiger charge is -2.22. The molecule has 0 heterocycles. The fourth-order valence-corrected chi connectivity index (χ4v) is 2.72. The highest BCUT2D eigenvalue weighted by Gasteiger charge is 2.20. The summed E-state index contributed by atoms with van der Waals surface area (Å²) >= 11 is 4.93. The Morgan fingerprint density at radius 3 is 2.89 bits per heavy atom. The van der Waals surface area contributed by atoms with Crippen molar-refractivity contribution in [2.45, 2.75) is 18.9 Å². The first-order chi connectivity index (χ1) is 8.43. The van der Waals surface area contributed by atoms with Crippen LogP contribution >= 0.6 is 27.7 Å². The standard InChI is InChI=1S/C13H18BrNO2S/c1-13(17,9-18-2)8-15-12(16)7-10-4-3-5-11(14)6-10/h3-6,17H,7-9H2,1-2H3,(H,15,16). The van der Waals surface area contributed by atoms with Gasteiger partial charge < -0.3 is 10.4 Å². The Labute approximate surface area is 120 Å². The summed E-state index contributed by atoms with van der Waals surface area (Å²) in [4.78, 5) is 11.7. The summed E-state index contributed by atoms with van der Waals surface area (Å²) in [5.74, 6) is 0.527. The van der Waals surface area contributed by atoms with E-state index in [0.717, 1.165) is 10.0 Å². The molecule has 1 atom stereocenters. The summed E-state index contributed by atoms with van der Waals surface area (Å²) in [5, 5.41) is 12.7. The Morgan fingerprint density at radius 2 is 2.28 bits per heavy atom. The molecule has 0 saturated carbocycles. The molecule has 100 valence electrons. The monoisotopic (exact) mass is 331 g/mol. The first-order valence-electron chi connectivity index (χ1n) is 5.65. The Hall–Kier alpha value is -0.520. The molecule has 2 N–H and O–H groups in total. The molecular formula is C13H18BrNO2S. The van der Waals surface area contributed by atoms with Crippen molar-refractivity contribution in [3.05, 3.63) is 34.3 Å². The van der Waals surface area contributed by atoms with Crippen molar-refractivity contribution < 1.29 is 9.90 Å². The lowest BCUT2D eigenvalue weighted by molar-refractivity contribution is -0.121. The van der Waals surface area contributed by atoms with Crippen molar-refractivity contribution >= 4 is 33.6 Å². The maximum Gasteiger partial charge on any atom is 0.224 e. The first kappa shape index (κ1) is 15.5. The summed E-state index contributed by atoms with van der Waals surface area (Å²) < 4.78 is 0.960. The summed E-state index contributed by atoms with van der Waals surface area (Å²) in [6.45, 7) is 2.00. The third-order valence-corrected chi connectivity index (χ3v) is 3.78. The summed E-state index contributed by atoms with van der Waals surface area (Å²) in [6, 6.07) is 7.64. The molecule has 0 aliphatic rings. The Morgan fingerprint density at radius 1 is 1.56 bits per heavy atom. The molecule has 0 aliphatic carbocycles. The van der Waals surface area contributed by atoms with Gasteiger partial charge in [-0.2, -0.15) is 11.8 Å². The van der Waals surface area contributed by atoms with Gasteiger partial charge in [0.2, 0.25) is 5.91 Å². The highest BCUT2D eigenvalue weighted by molar-refractivity contribution is 9.10. The Kier molecular flexibility index (Phi) is 6.18. The normalized spacial score (nSPS) is 14.0. The predicted octanol–water partition coefficient (Wildman–Crippen LogP) is 2.22. The zero-order valence-electron chi connectivity index (χ0n) is 10.6. The van der Waals surface area contributed by atoms with Crippen LogP contribution in [0.3, 0.4) is 0 Å². The fourth-order valence-electron chi connectivity index (χ4n) is 1.55. The number of amides is 1. The lowest BCUT2D eigenvalue weighted by Crippen LogP contribution is -2.42.